The molecule has 6 heteroatoms. The highest BCUT2D eigenvalue weighted by Gasteiger charge is 2.37. The van der Waals surface area contributed by atoms with Crippen LogP contribution in [0.5, 0.6) is 0 Å². The Morgan fingerprint density at radius 2 is 1.68 bits per heavy atom. The molecule has 28 heavy (non-hydrogen) atoms. The van der Waals surface area contributed by atoms with Crippen LogP contribution in [0.25, 0.3) is 0 Å². The Labute approximate surface area is 164 Å². The van der Waals surface area contributed by atoms with Crippen LogP contribution in [0, 0.1) is 0 Å². The van der Waals surface area contributed by atoms with Crippen LogP contribution in [0.4, 0.5) is 17.1 Å². The van der Waals surface area contributed by atoms with Crippen LogP contribution in [0.2, 0.25) is 0 Å². The highest BCUT2D eigenvalue weighted by molar-refractivity contribution is 5.87. The maximum atomic E-state index is 11.8. The molecule has 0 aromatic heterocycles. The predicted octanol–water partition coefficient (Wildman–Crippen LogP) is 5.00. The number of ether oxygens (including phenoxy) is 1. The number of aldehydes is 1. The van der Waals surface area contributed by atoms with Crippen molar-refractivity contribution >= 4 is 29.3 Å². The molecule has 1 aliphatic rings. The first kappa shape index (κ1) is 19.5. The summed E-state index contributed by atoms with van der Waals surface area (Å²) in [5.41, 5.74) is 2.97. The summed E-state index contributed by atoms with van der Waals surface area (Å²) in [5, 5.41) is 8.41. The average Bonchev–Trinajstić information content (AvgIpc) is 3.08. The van der Waals surface area contributed by atoms with E-state index in [0.29, 0.717) is 23.4 Å². The van der Waals surface area contributed by atoms with Crippen LogP contribution in [0.1, 0.15) is 30.6 Å². The summed E-state index contributed by atoms with van der Waals surface area (Å²) >= 11 is 0. The van der Waals surface area contributed by atoms with Crippen LogP contribution in [-0.4, -0.2) is 30.9 Å². The summed E-state index contributed by atoms with van der Waals surface area (Å²) in [5.74, 6) is -0.346. The fraction of sp³-hybridized carbons (Fsp3) is 0.273. The normalized spacial score (nSPS) is 19.0. The van der Waals surface area contributed by atoms with Crippen molar-refractivity contribution in [2.24, 2.45) is 10.2 Å². The van der Waals surface area contributed by atoms with Gasteiger partial charge in [0.25, 0.3) is 0 Å². The van der Waals surface area contributed by atoms with Gasteiger partial charge in [0.2, 0.25) is 0 Å². The van der Waals surface area contributed by atoms with Crippen molar-refractivity contribution in [1.82, 2.24) is 0 Å². The number of hydrogen-bond donors (Lipinski definition) is 0. The Hall–Kier alpha value is -3.28. The molecule has 0 spiro atoms. The maximum Gasteiger partial charge on any atom is 0.333 e. The summed E-state index contributed by atoms with van der Waals surface area (Å²) in [4.78, 5) is 24.7. The minimum atomic E-state index is -0.512. The second-order valence-corrected chi connectivity index (χ2v) is 7.22. The summed E-state index contributed by atoms with van der Waals surface area (Å²) in [6.45, 7) is 8.69. The minimum Gasteiger partial charge on any atom is -0.454 e. The molecule has 0 bridgehead atoms. The van der Waals surface area contributed by atoms with Gasteiger partial charge in [-0.1, -0.05) is 6.58 Å². The highest BCUT2D eigenvalue weighted by atomic mass is 16.6. The van der Waals surface area contributed by atoms with Crippen LogP contribution >= 0.6 is 0 Å². The number of rotatable bonds is 6. The minimum absolute atomic E-state index is 0.346. The van der Waals surface area contributed by atoms with E-state index >= 15 is 0 Å². The van der Waals surface area contributed by atoms with Crippen LogP contribution in [0.3, 0.4) is 0 Å². The Bertz CT molecular complexity index is 904. The van der Waals surface area contributed by atoms with E-state index < -0.39 is 5.60 Å². The van der Waals surface area contributed by atoms with Gasteiger partial charge in [-0.05, 0) is 62.4 Å². The third-order valence-electron chi connectivity index (χ3n) is 4.65. The summed E-state index contributed by atoms with van der Waals surface area (Å²) in [6.07, 6.45) is 1.56. The Kier molecular flexibility index (Phi) is 5.68. The molecule has 3 rings (SSSR count). The van der Waals surface area contributed by atoms with Gasteiger partial charge in [0.1, 0.15) is 11.9 Å². The Balaban J connectivity index is 1.62. The third-order valence-corrected chi connectivity index (χ3v) is 4.65. The molecule has 0 aliphatic carbocycles. The number of benzene rings is 2. The zero-order chi connectivity index (χ0) is 20.1. The zero-order valence-corrected chi connectivity index (χ0v) is 16.1. The van der Waals surface area contributed by atoms with Crippen molar-refractivity contribution in [2.75, 3.05) is 18.0 Å². The van der Waals surface area contributed by atoms with E-state index in [1.165, 1.54) is 0 Å². The van der Waals surface area contributed by atoms with Gasteiger partial charge in [-0.3, -0.25) is 4.79 Å². The largest absolute Gasteiger partial charge is 0.454 e. The number of esters is 1. The molecule has 0 saturated carbocycles. The van der Waals surface area contributed by atoms with Crippen LogP contribution < -0.4 is 4.90 Å². The number of nitrogens with zero attached hydrogens (tertiary/aromatic N) is 3. The summed E-state index contributed by atoms with van der Waals surface area (Å²) in [7, 11) is 0. The van der Waals surface area contributed by atoms with E-state index in [2.05, 4.69) is 21.7 Å². The van der Waals surface area contributed by atoms with Gasteiger partial charge in [0, 0.05) is 29.8 Å². The third kappa shape index (κ3) is 4.71. The van der Waals surface area contributed by atoms with Crippen LogP contribution in [-0.2, 0) is 9.53 Å². The van der Waals surface area contributed by atoms with Crippen molar-refractivity contribution in [2.45, 2.75) is 25.9 Å². The van der Waals surface area contributed by atoms with Crippen molar-refractivity contribution < 1.29 is 14.3 Å². The lowest BCUT2D eigenvalue weighted by atomic mass is 10.1. The van der Waals surface area contributed by atoms with E-state index in [4.69, 9.17) is 4.74 Å². The van der Waals surface area contributed by atoms with Crippen molar-refractivity contribution in [3.8, 4) is 0 Å². The van der Waals surface area contributed by atoms with Crippen molar-refractivity contribution in [3.63, 3.8) is 0 Å². The fourth-order valence-electron chi connectivity index (χ4n) is 3.01. The summed E-state index contributed by atoms with van der Waals surface area (Å²) in [6, 6.07) is 14.7. The maximum absolute atomic E-state index is 11.8. The smallest absolute Gasteiger partial charge is 0.333 e. The molecular formula is C22H23N3O3. The first-order valence-corrected chi connectivity index (χ1v) is 9.09. The van der Waals surface area contributed by atoms with E-state index in [0.717, 1.165) is 30.6 Å². The fourth-order valence-corrected chi connectivity index (χ4v) is 3.01. The van der Waals surface area contributed by atoms with E-state index in [1.54, 1.807) is 31.2 Å². The van der Waals surface area contributed by atoms with Gasteiger partial charge in [0.15, 0.2) is 0 Å². The lowest BCUT2D eigenvalue weighted by Crippen LogP contribution is -2.35. The molecule has 0 N–H and O–H groups in total. The molecule has 2 aromatic carbocycles. The number of carbonyl (C=O) groups is 2. The Morgan fingerprint density at radius 1 is 1.11 bits per heavy atom. The number of hydrogen-bond acceptors (Lipinski definition) is 6. The van der Waals surface area contributed by atoms with Gasteiger partial charge < -0.3 is 9.64 Å². The molecule has 1 saturated heterocycles. The molecule has 0 radical (unpaired) electrons. The monoisotopic (exact) mass is 377 g/mol. The molecule has 1 atom stereocenters. The molecule has 1 fully saturated rings. The molecule has 144 valence electrons. The molecule has 0 unspecified atom stereocenters. The first-order valence-electron chi connectivity index (χ1n) is 9.09. The quantitative estimate of drug-likeness (QED) is 0.307. The molecule has 6 nitrogen and oxygen atoms in total. The molecule has 1 aliphatic heterocycles. The topological polar surface area (TPSA) is 71.3 Å². The van der Waals surface area contributed by atoms with Gasteiger partial charge in [-0.15, -0.1) is 0 Å². The average molecular weight is 377 g/mol. The second-order valence-electron chi connectivity index (χ2n) is 7.22. The number of carbonyl (C=O) groups excluding carboxylic acids is 2. The van der Waals surface area contributed by atoms with Crippen LogP contribution in [0.15, 0.2) is 70.9 Å². The van der Waals surface area contributed by atoms with Gasteiger partial charge >= 0.3 is 5.97 Å². The highest BCUT2D eigenvalue weighted by Crippen LogP contribution is 2.31. The van der Waals surface area contributed by atoms with Gasteiger partial charge in [0.05, 0.1) is 17.9 Å². The van der Waals surface area contributed by atoms with E-state index in [1.807, 2.05) is 31.2 Å². The number of anilines is 1. The van der Waals surface area contributed by atoms with E-state index in [9.17, 15) is 9.59 Å². The molecule has 1 heterocycles. The molecule has 2 aromatic rings. The second kappa shape index (κ2) is 8.17. The summed E-state index contributed by atoms with van der Waals surface area (Å²) < 4.78 is 5.60. The Morgan fingerprint density at radius 3 is 2.21 bits per heavy atom. The lowest BCUT2D eigenvalue weighted by molar-refractivity contribution is -0.151. The lowest BCUT2D eigenvalue weighted by Gasteiger charge is -2.26. The van der Waals surface area contributed by atoms with Gasteiger partial charge in [-0.25, -0.2) is 4.79 Å². The molecular weight excluding hydrogens is 354 g/mol. The number of azo groups is 1. The van der Waals surface area contributed by atoms with Crippen molar-refractivity contribution in [1.29, 1.82) is 0 Å². The predicted molar refractivity (Wildman–Crippen MR) is 109 cm³/mol. The molecule has 0 amide bonds. The first-order chi connectivity index (χ1) is 13.4. The van der Waals surface area contributed by atoms with Crippen molar-refractivity contribution in [3.05, 3.63) is 66.2 Å². The van der Waals surface area contributed by atoms with Gasteiger partial charge in [-0.2, -0.15) is 10.2 Å². The standard InChI is InChI=1S/C22H23N3O3/c1-16(2)21(27)28-22(3)12-13-25(15-22)20-10-8-19(9-11-20)24-23-18-6-4-17(14-26)5-7-18/h4-11,14H,1,12-13,15H2,2-3H3/t22-/m0/s1. The van der Waals surface area contributed by atoms with E-state index in [-0.39, 0.29) is 5.97 Å². The zero-order valence-electron chi connectivity index (χ0n) is 16.1. The SMILES string of the molecule is C=C(C)C(=O)O[C@@]1(C)CCN(c2ccc(N=Nc3ccc(C=O)cc3)cc2)C1.